The molecule has 0 saturated carbocycles. The topological polar surface area (TPSA) is 93.2 Å². The number of carbonyl (C=O) groups excluding carboxylic acids is 2. The molecule has 0 radical (unpaired) electrons. The Labute approximate surface area is 153 Å². The zero-order chi connectivity index (χ0) is 20.0. The molecular formula is C17H17F3N4O3. The summed E-state index contributed by atoms with van der Waals surface area (Å²) in [5.41, 5.74) is 0.0554. The first-order valence-electron chi connectivity index (χ1n) is 7.91. The average Bonchev–Trinajstić information content (AvgIpc) is 2.61. The van der Waals surface area contributed by atoms with Crippen molar-refractivity contribution in [1.29, 1.82) is 0 Å². The Morgan fingerprint density at radius 3 is 2.59 bits per heavy atom. The summed E-state index contributed by atoms with van der Waals surface area (Å²) in [7, 11) is 0. The van der Waals surface area contributed by atoms with Crippen LogP contribution in [0.1, 0.15) is 24.2 Å². The van der Waals surface area contributed by atoms with Crippen molar-refractivity contribution in [3.05, 3.63) is 42.1 Å². The molecule has 0 unspecified atom stereocenters. The van der Waals surface area contributed by atoms with Crippen molar-refractivity contribution in [3.63, 3.8) is 0 Å². The summed E-state index contributed by atoms with van der Waals surface area (Å²) in [4.78, 5) is 31.4. The van der Waals surface area contributed by atoms with Gasteiger partial charge in [-0.25, -0.2) is 18.7 Å². The van der Waals surface area contributed by atoms with Crippen LogP contribution in [0.15, 0.2) is 30.6 Å². The number of hydrogen-bond acceptors (Lipinski definition) is 5. The number of carbonyl (C=O) groups is 2. The molecule has 2 aromatic heterocycles. The van der Waals surface area contributed by atoms with Crippen molar-refractivity contribution in [1.82, 2.24) is 9.97 Å². The smallest absolute Gasteiger partial charge is 0.272 e. The summed E-state index contributed by atoms with van der Waals surface area (Å²) in [6.07, 6.45) is -0.490. The van der Waals surface area contributed by atoms with Gasteiger partial charge in [0, 0.05) is 23.7 Å². The Bertz CT molecular complexity index is 831. The van der Waals surface area contributed by atoms with Gasteiger partial charge in [-0.3, -0.25) is 9.59 Å². The van der Waals surface area contributed by atoms with Crippen LogP contribution in [0.2, 0.25) is 0 Å². The van der Waals surface area contributed by atoms with Gasteiger partial charge in [-0.05, 0) is 12.1 Å². The quantitative estimate of drug-likeness (QED) is 0.718. The lowest BCUT2D eigenvalue weighted by Crippen LogP contribution is -2.19. The molecule has 2 amide bonds. The van der Waals surface area contributed by atoms with E-state index in [1.807, 2.05) is 0 Å². The number of halogens is 3. The molecule has 0 bridgehead atoms. The van der Waals surface area contributed by atoms with E-state index in [1.165, 1.54) is 18.3 Å². The molecular weight excluding hydrogens is 365 g/mol. The molecule has 2 rings (SSSR count). The van der Waals surface area contributed by atoms with E-state index in [0.29, 0.717) is 0 Å². The molecule has 0 aromatic carbocycles. The Morgan fingerprint density at radius 1 is 1.19 bits per heavy atom. The van der Waals surface area contributed by atoms with Crippen LogP contribution < -0.4 is 15.4 Å². The molecule has 0 aliphatic rings. The number of rotatable bonds is 7. The van der Waals surface area contributed by atoms with Crippen LogP contribution in [-0.4, -0.2) is 34.8 Å². The third-order valence-corrected chi connectivity index (χ3v) is 3.24. The SMILES string of the molecule is CC(C)C(=O)Nc1cc(C(=O)Nc2cnc(F)cc2OCC(F)F)ccn1. The Hall–Kier alpha value is -3.17. The first-order valence-corrected chi connectivity index (χ1v) is 7.91. The molecule has 7 nitrogen and oxygen atoms in total. The monoisotopic (exact) mass is 382 g/mol. The van der Waals surface area contributed by atoms with E-state index in [0.717, 1.165) is 12.3 Å². The van der Waals surface area contributed by atoms with Gasteiger partial charge in [0.2, 0.25) is 11.9 Å². The number of aromatic nitrogens is 2. The second-order valence-electron chi connectivity index (χ2n) is 5.73. The van der Waals surface area contributed by atoms with E-state index >= 15 is 0 Å². The summed E-state index contributed by atoms with van der Waals surface area (Å²) < 4.78 is 42.7. The molecule has 0 fully saturated rings. The molecule has 0 spiro atoms. The van der Waals surface area contributed by atoms with Crippen molar-refractivity contribution in [2.45, 2.75) is 20.3 Å². The highest BCUT2D eigenvalue weighted by atomic mass is 19.3. The molecule has 0 aliphatic carbocycles. The maximum absolute atomic E-state index is 13.2. The summed E-state index contributed by atoms with van der Waals surface area (Å²) >= 11 is 0. The minimum atomic E-state index is -2.77. The summed E-state index contributed by atoms with van der Waals surface area (Å²) in [5, 5.41) is 4.95. The van der Waals surface area contributed by atoms with Gasteiger partial charge in [0.25, 0.3) is 12.3 Å². The van der Waals surface area contributed by atoms with Crippen molar-refractivity contribution >= 4 is 23.3 Å². The number of alkyl halides is 2. The molecule has 2 aromatic rings. The Kier molecular flexibility index (Phi) is 6.69. The fourth-order valence-electron chi connectivity index (χ4n) is 1.88. The number of hydrogen-bond donors (Lipinski definition) is 2. The standard InChI is InChI=1S/C17H17F3N4O3/c1-9(2)16(25)24-15-5-10(3-4-21-15)17(26)23-11-7-22-14(20)6-12(11)27-8-13(18)19/h3-7,9,13H,8H2,1-2H3,(H,23,26)(H,21,24,25). The van der Waals surface area contributed by atoms with Crippen molar-refractivity contribution in [3.8, 4) is 5.75 Å². The number of nitrogens with one attached hydrogen (secondary N) is 2. The first kappa shape index (κ1) is 20.1. The van der Waals surface area contributed by atoms with Gasteiger partial charge in [0.15, 0.2) is 0 Å². The third kappa shape index (κ3) is 5.94. The highest BCUT2D eigenvalue weighted by Crippen LogP contribution is 2.25. The van der Waals surface area contributed by atoms with Gasteiger partial charge >= 0.3 is 0 Å². The predicted molar refractivity (Wildman–Crippen MR) is 91.4 cm³/mol. The summed E-state index contributed by atoms with van der Waals surface area (Å²) in [6.45, 7) is 2.44. The lowest BCUT2D eigenvalue weighted by Gasteiger charge is -2.12. The maximum Gasteiger partial charge on any atom is 0.272 e. The van der Waals surface area contributed by atoms with Crippen LogP contribution in [-0.2, 0) is 4.79 Å². The van der Waals surface area contributed by atoms with Gasteiger partial charge in [0.1, 0.15) is 23.9 Å². The summed E-state index contributed by atoms with van der Waals surface area (Å²) in [6, 6.07) is 3.52. The molecule has 27 heavy (non-hydrogen) atoms. The van der Waals surface area contributed by atoms with Gasteiger partial charge in [-0.2, -0.15) is 4.39 Å². The molecule has 0 saturated heterocycles. The predicted octanol–water partition coefficient (Wildman–Crippen LogP) is 3.11. The molecule has 2 N–H and O–H groups in total. The molecule has 0 aliphatic heterocycles. The molecule has 2 heterocycles. The molecule has 10 heteroatoms. The number of amides is 2. The summed E-state index contributed by atoms with van der Waals surface area (Å²) in [5.74, 6) is -2.24. The van der Waals surface area contributed by atoms with Crippen LogP contribution in [0.25, 0.3) is 0 Å². The number of nitrogens with zero attached hydrogens (tertiary/aromatic N) is 2. The fourth-order valence-corrected chi connectivity index (χ4v) is 1.88. The van der Waals surface area contributed by atoms with Crippen LogP contribution in [0.5, 0.6) is 5.75 Å². The highest BCUT2D eigenvalue weighted by molar-refractivity contribution is 6.05. The highest BCUT2D eigenvalue weighted by Gasteiger charge is 2.15. The van der Waals surface area contributed by atoms with Crippen LogP contribution >= 0.6 is 0 Å². The minimum absolute atomic E-state index is 0.0772. The second kappa shape index (κ2) is 8.97. The van der Waals surface area contributed by atoms with Gasteiger partial charge < -0.3 is 15.4 Å². The Morgan fingerprint density at radius 2 is 1.93 bits per heavy atom. The van der Waals surface area contributed by atoms with Crippen LogP contribution in [0.3, 0.4) is 0 Å². The van der Waals surface area contributed by atoms with Crippen LogP contribution in [0.4, 0.5) is 24.7 Å². The maximum atomic E-state index is 13.2. The average molecular weight is 382 g/mol. The van der Waals surface area contributed by atoms with Gasteiger partial charge in [-0.15, -0.1) is 0 Å². The van der Waals surface area contributed by atoms with Gasteiger partial charge in [0.05, 0.1) is 6.20 Å². The molecule has 0 atom stereocenters. The van der Waals surface area contributed by atoms with E-state index in [1.54, 1.807) is 13.8 Å². The fraction of sp³-hybridized carbons (Fsp3) is 0.294. The number of anilines is 2. The zero-order valence-corrected chi connectivity index (χ0v) is 14.5. The third-order valence-electron chi connectivity index (χ3n) is 3.24. The van der Waals surface area contributed by atoms with E-state index in [4.69, 9.17) is 4.74 Å². The number of ether oxygens (including phenoxy) is 1. The van der Waals surface area contributed by atoms with Gasteiger partial charge in [-0.1, -0.05) is 13.8 Å². The first-order chi connectivity index (χ1) is 12.8. The van der Waals surface area contributed by atoms with E-state index in [9.17, 15) is 22.8 Å². The van der Waals surface area contributed by atoms with E-state index in [-0.39, 0.29) is 34.6 Å². The normalized spacial score (nSPS) is 10.8. The van der Waals surface area contributed by atoms with Crippen molar-refractivity contribution in [2.75, 3.05) is 17.2 Å². The lowest BCUT2D eigenvalue weighted by atomic mass is 10.2. The largest absolute Gasteiger partial charge is 0.485 e. The zero-order valence-electron chi connectivity index (χ0n) is 14.5. The molecule has 144 valence electrons. The Balaban J connectivity index is 2.16. The van der Waals surface area contributed by atoms with E-state index in [2.05, 4.69) is 20.6 Å². The lowest BCUT2D eigenvalue weighted by molar-refractivity contribution is -0.118. The number of pyridine rings is 2. The van der Waals surface area contributed by atoms with Crippen molar-refractivity contribution < 1.29 is 27.5 Å². The van der Waals surface area contributed by atoms with E-state index < -0.39 is 24.9 Å². The van der Waals surface area contributed by atoms with Crippen molar-refractivity contribution in [2.24, 2.45) is 5.92 Å². The van der Waals surface area contributed by atoms with Crippen LogP contribution in [0, 0.1) is 11.9 Å². The minimum Gasteiger partial charge on any atom is -0.485 e. The second-order valence-corrected chi connectivity index (χ2v) is 5.73.